The number of nitrogens with two attached hydrogens (primary N) is 2. The third-order valence-electron chi connectivity index (χ3n) is 3.97. The predicted octanol–water partition coefficient (Wildman–Crippen LogP) is -1.69. The van der Waals surface area contributed by atoms with Crippen LogP contribution < -0.4 is 11.5 Å². The fourth-order valence-corrected chi connectivity index (χ4v) is 2.55. The predicted molar refractivity (Wildman–Crippen MR) is 89.4 cm³/mol. The molecule has 2 aromatic rings. The number of oxime groups is 1. The molecule has 1 aromatic heterocycles. The second-order valence-corrected chi connectivity index (χ2v) is 5.73. The van der Waals surface area contributed by atoms with Crippen LogP contribution in [0.2, 0.25) is 0 Å². The molecule has 140 valence electrons. The summed E-state index contributed by atoms with van der Waals surface area (Å²) in [6.45, 7) is -0.252. The first kappa shape index (κ1) is 18.1. The van der Waals surface area contributed by atoms with Gasteiger partial charge in [-0.25, -0.2) is 0 Å². The molecule has 0 amide bonds. The molecule has 3 rings (SSSR count). The number of nitrogen functional groups attached to an aromatic ring is 1. The lowest BCUT2D eigenvalue weighted by atomic mass is 10.1. The Labute approximate surface area is 148 Å². The highest BCUT2D eigenvalue weighted by molar-refractivity contribution is 5.98. The van der Waals surface area contributed by atoms with E-state index in [2.05, 4.69) is 15.5 Å². The van der Waals surface area contributed by atoms with E-state index in [1.807, 2.05) is 30.3 Å². The van der Waals surface area contributed by atoms with Crippen molar-refractivity contribution >= 4 is 11.7 Å². The van der Waals surface area contributed by atoms with Gasteiger partial charge in [-0.15, -0.1) is 5.10 Å². The fourth-order valence-electron chi connectivity index (χ4n) is 2.55. The highest BCUT2D eigenvalue weighted by Gasteiger charge is 2.44. The molecule has 7 N–H and O–H groups in total. The monoisotopic (exact) mass is 364 g/mol. The van der Waals surface area contributed by atoms with Crippen molar-refractivity contribution in [2.75, 3.05) is 12.3 Å². The molecule has 4 unspecified atom stereocenters. The standard InChI is InChI=1S/C15H20N6O5/c16-13(19-25-7-8-4-2-1-3-5-8)10-14(17)21(20-18-10)15-12(24)11(23)9(6-22)26-15/h1-5,9,11-12,15,22-24H,6-7,17H2,(H2,16,19). The van der Waals surface area contributed by atoms with Crippen molar-refractivity contribution in [2.45, 2.75) is 31.1 Å². The van der Waals surface area contributed by atoms with Gasteiger partial charge in [-0.3, -0.25) is 0 Å². The molecule has 0 spiro atoms. The maximum atomic E-state index is 10.0. The Morgan fingerprint density at radius 1 is 1.27 bits per heavy atom. The first-order valence-corrected chi connectivity index (χ1v) is 7.85. The van der Waals surface area contributed by atoms with Gasteiger partial charge in [0.15, 0.2) is 23.6 Å². The van der Waals surface area contributed by atoms with Gasteiger partial charge in [0.2, 0.25) is 0 Å². The molecule has 0 saturated carbocycles. The van der Waals surface area contributed by atoms with Crippen LogP contribution >= 0.6 is 0 Å². The summed E-state index contributed by atoms with van der Waals surface area (Å²) in [4.78, 5) is 5.17. The van der Waals surface area contributed by atoms with Crippen LogP contribution in [0, 0.1) is 0 Å². The van der Waals surface area contributed by atoms with Gasteiger partial charge in [0.05, 0.1) is 6.61 Å². The molecule has 11 heteroatoms. The minimum atomic E-state index is -1.34. The van der Waals surface area contributed by atoms with Gasteiger partial charge < -0.3 is 36.4 Å². The first-order valence-electron chi connectivity index (χ1n) is 7.85. The van der Waals surface area contributed by atoms with Gasteiger partial charge in [0, 0.05) is 0 Å². The second kappa shape index (κ2) is 7.66. The molecular formula is C15H20N6O5. The summed E-state index contributed by atoms with van der Waals surface area (Å²) in [7, 11) is 0. The van der Waals surface area contributed by atoms with Crippen LogP contribution in [0.15, 0.2) is 35.5 Å². The van der Waals surface area contributed by atoms with E-state index in [4.69, 9.17) is 26.1 Å². The largest absolute Gasteiger partial charge is 0.394 e. The number of hydrogen-bond donors (Lipinski definition) is 5. The molecule has 0 radical (unpaired) electrons. The summed E-state index contributed by atoms with van der Waals surface area (Å²) < 4.78 is 6.42. The van der Waals surface area contributed by atoms with Crippen molar-refractivity contribution < 1.29 is 24.9 Å². The Morgan fingerprint density at radius 2 is 2.00 bits per heavy atom. The maximum Gasteiger partial charge on any atom is 0.194 e. The van der Waals surface area contributed by atoms with E-state index in [0.29, 0.717) is 0 Å². The summed E-state index contributed by atoms with van der Waals surface area (Å²) in [5, 5.41) is 40.4. The molecule has 11 nitrogen and oxygen atoms in total. The third-order valence-corrected chi connectivity index (χ3v) is 3.97. The van der Waals surface area contributed by atoms with Crippen LogP contribution in [0.4, 0.5) is 5.82 Å². The summed E-state index contributed by atoms with van der Waals surface area (Å²) in [6, 6.07) is 9.38. The molecule has 4 atom stereocenters. The van der Waals surface area contributed by atoms with Crippen LogP contribution in [0.25, 0.3) is 0 Å². The Kier molecular flexibility index (Phi) is 5.32. The fraction of sp³-hybridized carbons (Fsp3) is 0.400. The van der Waals surface area contributed by atoms with Crippen LogP contribution in [0.3, 0.4) is 0 Å². The number of aromatic nitrogens is 3. The number of anilines is 1. The van der Waals surface area contributed by atoms with Gasteiger partial charge in [0.1, 0.15) is 24.9 Å². The van der Waals surface area contributed by atoms with Gasteiger partial charge >= 0.3 is 0 Å². The number of nitrogens with zero attached hydrogens (tertiary/aromatic N) is 4. The lowest BCUT2D eigenvalue weighted by molar-refractivity contribution is -0.0582. The molecule has 1 fully saturated rings. The topological polar surface area (TPSA) is 174 Å². The Hall–Kier alpha value is -2.73. The van der Waals surface area contributed by atoms with Crippen molar-refractivity contribution in [3.8, 4) is 0 Å². The molecule has 1 aromatic carbocycles. The summed E-state index contributed by atoms with van der Waals surface area (Å²) in [5.41, 5.74) is 12.7. The van der Waals surface area contributed by atoms with Crippen molar-refractivity contribution in [3.05, 3.63) is 41.6 Å². The SMILES string of the molecule is N/C(=N\OCc1ccccc1)c1nnn(C2OC(CO)C(O)C2O)c1N. The quantitative estimate of drug-likeness (QED) is 0.227. The summed E-state index contributed by atoms with van der Waals surface area (Å²) >= 11 is 0. The number of hydrogen-bond acceptors (Lipinski definition) is 9. The van der Waals surface area contributed by atoms with E-state index >= 15 is 0 Å². The van der Waals surface area contributed by atoms with Crippen molar-refractivity contribution in [1.29, 1.82) is 0 Å². The second-order valence-electron chi connectivity index (χ2n) is 5.73. The average molecular weight is 364 g/mol. The smallest absolute Gasteiger partial charge is 0.194 e. The molecule has 1 aliphatic rings. The maximum absolute atomic E-state index is 10.0. The van der Waals surface area contributed by atoms with Gasteiger partial charge in [-0.1, -0.05) is 40.7 Å². The Balaban J connectivity index is 1.71. The normalized spacial score (nSPS) is 26.2. The van der Waals surface area contributed by atoms with Crippen LogP contribution in [-0.4, -0.2) is 61.1 Å². The zero-order valence-electron chi connectivity index (χ0n) is 13.7. The minimum Gasteiger partial charge on any atom is -0.394 e. The lowest BCUT2D eigenvalue weighted by Gasteiger charge is -2.15. The number of ether oxygens (including phenoxy) is 1. The van der Waals surface area contributed by atoms with E-state index < -0.39 is 31.1 Å². The third kappa shape index (κ3) is 3.46. The van der Waals surface area contributed by atoms with Crippen LogP contribution in [0.1, 0.15) is 17.5 Å². The number of aliphatic hydroxyl groups excluding tert-OH is 3. The van der Waals surface area contributed by atoms with E-state index in [0.717, 1.165) is 10.2 Å². The minimum absolute atomic E-state index is 0.0237. The van der Waals surface area contributed by atoms with Gasteiger partial charge in [0.25, 0.3) is 0 Å². The van der Waals surface area contributed by atoms with Gasteiger partial charge in [-0.05, 0) is 5.56 Å². The highest BCUT2D eigenvalue weighted by Crippen LogP contribution is 2.30. The molecule has 2 heterocycles. The Morgan fingerprint density at radius 3 is 2.65 bits per heavy atom. The number of rotatable bonds is 6. The molecule has 1 aliphatic heterocycles. The molecule has 0 aliphatic carbocycles. The van der Waals surface area contributed by atoms with Gasteiger partial charge in [-0.2, -0.15) is 4.68 Å². The number of amidine groups is 1. The van der Waals surface area contributed by atoms with Crippen LogP contribution in [0.5, 0.6) is 0 Å². The average Bonchev–Trinajstić information content (AvgIpc) is 3.16. The zero-order valence-corrected chi connectivity index (χ0v) is 13.7. The number of benzene rings is 1. The van der Waals surface area contributed by atoms with E-state index in [1.54, 1.807) is 0 Å². The molecule has 0 bridgehead atoms. The van der Waals surface area contributed by atoms with E-state index in [-0.39, 0.29) is 24.0 Å². The molecular weight excluding hydrogens is 344 g/mol. The van der Waals surface area contributed by atoms with Crippen molar-refractivity contribution in [3.63, 3.8) is 0 Å². The van der Waals surface area contributed by atoms with Crippen molar-refractivity contribution in [2.24, 2.45) is 10.9 Å². The highest BCUT2D eigenvalue weighted by atomic mass is 16.6. The lowest BCUT2D eigenvalue weighted by Crippen LogP contribution is -2.33. The van der Waals surface area contributed by atoms with Crippen LogP contribution in [-0.2, 0) is 16.2 Å². The first-order chi connectivity index (χ1) is 12.5. The summed E-state index contributed by atoms with van der Waals surface area (Å²) in [6.07, 6.45) is -4.68. The Bertz CT molecular complexity index is 767. The zero-order chi connectivity index (χ0) is 18.7. The van der Waals surface area contributed by atoms with Crippen molar-refractivity contribution in [1.82, 2.24) is 15.0 Å². The molecule has 26 heavy (non-hydrogen) atoms. The van der Waals surface area contributed by atoms with E-state index in [9.17, 15) is 10.2 Å². The molecule has 1 saturated heterocycles. The van der Waals surface area contributed by atoms with E-state index in [1.165, 1.54) is 0 Å². The number of aliphatic hydroxyl groups is 3. The summed E-state index contributed by atoms with van der Waals surface area (Å²) in [5.74, 6) is -0.124.